The van der Waals surface area contributed by atoms with Crippen LogP contribution in [0.3, 0.4) is 0 Å². The Morgan fingerprint density at radius 1 is 1.78 bits per heavy atom. The molecule has 0 aromatic carbocycles. The van der Waals surface area contributed by atoms with Crippen LogP contribution in [0.1, 0.15) is 6.92 Å². The molecule has 48 valence electrons. The minimum absolute atomic E-state index is 0.496. The van der Waals surface area contributed by atoms with Gasteiger partial charge >= 0.3 is 0 Å². The molecular formula is C7H9NS. The minimum atomic E-state index is 0.496. The highest BCUT2D eigenvalue weighted by Crippen LogP contribution is 2.14. The summed E-state index contributed by atoms with van der Waals surface area (Å²) in [6, 6.07) is 0. The molecule has 2 N–H and O–H groups in total. The van der Waals surface area contributed by atoms with E-state index in [2.05, 4.69) is 19.1 Å². The summed E-state index contributed by atoms with van der Waals surface area (Å²) in [4.78, 5) is 0.496. The SMILES string of the molecule is CC1C=CC(C(N)=S)=C1. The van der Waals surface area contributed by atoms with Gasteiger partial charge in [-0.2, -0.15) is 0 Å². The van der Waals surface area contributed by atoms with Crippen molar-refractivity contribution in [1.29, 1.82) is 0 Å². The molecule has 0 spiro atoms. The van der Waals surface area contributed by atoms with Crippen LogP contribution in [0.4, 0.5) is 0 Å². The van der Waals surface area contributed by atoms with Gasteiger partial charge in [0.15, 0.2) is 0 Å². The van der Waals surface area contributed by atoms with Crippen molar-refractivity contribution in [3.05, 3.63) is 23.8 Å². The van der Waals surface area contributed by atoms with Crippen molar-refractivity contribution in [2.24, 2.45) is 11.7 Å². The average Bonchev–Trinajstić information content (AvgIpc) is 2.14. The number of thiocarbonyl (C=S) groups is 1. The summed E-state index contributed by atoms with van der Waals surface area (Å²) in [5.74, 6) is 0.501. The van der Waals surface area contributed by atoms with Gasteiger partial charge in [0.25, 0.3) is 0 Å². The first-order valence-electron chi connectivity index (χ1n) is 2.90. The lowest BCUT2D eigenvalue weighted by atomic mass is 10.2. The molecule has 0 aliphatic heterocycles. The Bertz CT molecular complexity index is 191. The van der Waals surface area contributed by atoms with Crippen molar-refractivity contribution < 1.29 is 0 Å². The fourth-order valence-electron chi connectivity index (χ4n) is 0.814. The fourth-order valence-corrected chi connectivity index (χ4v) is 0.950. The van der Waals surface area contributed by atoms with Crippen LogP contribution >= 0.6 is 12.2 Å². The summed E-state index contributed by atoms with van der Waals surface area (Å²) in [5.41, 5.74) is 6.37. The molecule has 0 aromatic rings. The number of hydrogen-bond donors (Lipinski definition) is 1. The van der Waals surface area contributed by atoms with Crippen LogP contribution in [-0.4, -0.2) is 4.99 Å². The first-order chi connectivity index (χ1) is 4.20. The second-order valence-electron chi connectivity index (χ2n) is 2.20. The molecule has 0 aromatic heterocycles. The highest BCUT2D eigenvalue weighted by molar-refractivity contribution is 7.80. The van der Waals surface area contributed by atoms with Crippen LogP contribution in [0.2, 0.25) is 0 Å². The molecule has 0 fully saturated rings. The standard InChI is InChI=1S/C7H9NS/c1-5-2-3-6(4-5)7(8)9/h2-5H,1H3,(H2,8,9). The molecular weight excluding hydrogens is 130 g/mol. The minimum Gasteiger partial charge on any atom is -0.389 e. The first kappa shape index (κ1) is 6.49. The zero-order valence-electron chi connectivity index (χ0n) is 5.29. The predicted molar refractivity (Wildman–Crippen MR) is 43.2 cm³/mol. The van der Waals surface area contributed by atoms with Crippen LogP contribution in [0.5, 0.6) is 0 Å². The van der Waals surface area contributed by atoms with Crippen LogP contribution < -0.4 is 5.73 Å². The van der Waals surface area contributed by atoms with Gasteiger partial charge in [0, 0.05) is 5.57 Å². The highest BCUT2D eigenvalue weighted by Gasteiger charge is 2.04. The van der Waals surface area contributed by atoms with Crippen molar-refractivity contribution in [3.8, 4) is 0 Å². The Morgan fingerprint density at radius 3 is 2.67 bits per heavy atom. The maximum absolute atomic E-state index is 5.37. The second-order valence-corrected chi connectivity index (χ2v) is 2.64. The normalized spacial score (nSPS) is 24.1. The van der Waals surface area contributed by atoms with Gasteiger partial charge in [0.2, 0.25) is 0 Å². The topological polar surface area (TPSA) is 26.0 Å². The molecule has 0 heterocycles. The third kappa shape index (κ3) is 1.39. The number of nitrogens with two attached hydrogens (primary N) is 1. The summed E-state index contributed by atoms with van der Waals surface area (Å²) in [5, 5.41) is 0. The Morgan fingerprint density at radius 2 is 2.44 bits per heavy atom. The van der Waals surface area contributed by atoms with Gasteiger partial charge in [-0.05, 0) is 5.92 Å². The van der Waals surface area contributed by atoms with Gasteiger partial charge in [-0.15, -0.1) is 0 Å². The van der Waals surface area contributed by atoms with E-state index in [4.69, 9.17) is 18.0 Å². The Labute approximate surface area is 60.2 Å². The second kappa shape index (κ2) is 2.31. The summed E-state index contributed by atoms with van der Waals surface area (Å²) in [7, 11) is 0. The van der Waals surface area contributed by atoms with Gasteiger partial charge in [-0.1, -0.05) is 37.4 Å². The maximum Gasteiger partial charge on any atom is 0.103 e. The van der Waals surface area contributed by atoms with Crippen molar-refractivity contribution in [3.63, 3.8) is 0 Å². The third-order valence-corrected chi connectivity index (χ3v) is 1.54. The molecule has 0 saturated carbocycles. The van der Waals surface area contributed by atoms with E-state index in [0.29, 0.717) is 10.9 Å². The largest absolute Gasteiger partial charge is 0.389 e. The number of allylic oxidation sites excluding steroid dienone is 2. The van der Waals surface area contributed by atoms with E-state index in [1.54, 1.807) is 0 Å². The maximum atomic E-state index is 5.37. The predicted octanol–water partition coefficient (Wildman–Crippen LogP) is 1.40. The summed E-state index contributed by atoms with van der Waals surface area (Å²) < 4.78 is 0. The zero-order valence-corrected chi connectivity index (χ0v) is 6.11. The van der Waals surface area contributed by atoms with E-state index in [1.165, 1.54) is 0 Å². The third-order valence-electron chi connectivity index (χ3n) is 1.31. The quantitative estimate of drug-likeness (QED) is 0.556. The Balaban J connectivity index is 2.75. The smallest absolute Gasteiger partial charge is 0.103 e. The van der Waals surface area contributed by atoms with Gasteiger partial charge in [-0.25, -0.2) is 0 Å². The molecule has 1 rings (SSSR count). The molecule has 1 aliphatic rings. The van der Waals surface area contributed by atoms with Crippen molar-refractivity contribution >= 4 is 17.2 Å². The fraction of sp³-hybridized carbons (Fsp3) is 0.286. The Hall–Kier alpha value is -0.630. The molecule has 0 saturated heterocycles. The Kier molecular flexibility index (Phi) is 1.67. The number of hydrogen-bond acceptors (Lipinski definition) is 1. The lowest BCUT2D eigenvalue weighted by Gasteiger charge is -1.91. The molecule has 0 amide bonds. The van der Waals surface area contributed by atoms with Crippen molar-refractivity contribution in [2.75, 3.05) is 0 Å². The monoisotopic (exact) mass is 139 g/mol. The van der Waals surface area contributed by atoms with Gasteiger partial charge in [0.05, 0.1) is 0 Å². The van der Waals surface area contributed by atoms with Crippen LogP contribution in [0, 0.1) is 5.92 Å². The first-order valence-corrected chi connectivity index (χ1v) is 3.31. The van der Waals surface area contributed by atoms with Gasteiger partial charge in [0.1, 0.15) is 4.99 Å². The van der Waals surface area contributed by atoms with E-state index >= 15 is 0 Å². The van der Waals surface area contributed by atoms with Crippen LogP contribution in [0.15, 0.2) is 23.8 Å². The van der Waals surface area contributed by atoms with E-state index < -0.39 is 0 Å². The van der Waals surface area contributed by atoms with Crippen LogP contribution in [0.25, 0.3) is 0 Å². The molecule has 1 unspecified atom stereocenters. The molecule has 1 nitrogen and oxygen atoms in total. The van der Waals surface area contributed by atoms with Crippen molar-refractivity contribution in [2.45, 2.75) is 6.92 Å². The van der Waals surface area contributed by atoms with E-state index in [9.17, 15) is 0 Å². The van der Waals surface area contributed by atoms with Crippen molar-refractivity contribution in [1.82, 2.24) is 0 Å². The molecule has 1 atom stereocenters. The molecule has 0 radical (unpaired) electrons. The van der Waals surface area contributed by atoms with Crippen LogP contribution in [-0.2, 0) is 0 Å². The number of rotatable bonds is 1. The molecule has 2 heteroatoms. The van der Waals surface area contributed by atoms with Gasteiger partial charge in [-0.3, -0.25) is 0 Å². The summed E-state index contributed by atoms with van der Waals surface area (Å²) in [6.45, 7) is 2.10. The lowest BCUT2D eigenvalue weighted by Crippen LogP contribution is -2.08. The van der Waals surface area contributed by atoms with E-state index in [0.717, 1.165) is 5.57 Å². The average molecular weight is 139 g/mol. The van der Waals surface area contributed by atoms with E-state index in [1.807, 2.05) is 6.08 Å². The lowest BCUT2D eigenvalue weighted by molar-refractivity contribution is 0.957. The molecule has 9 heavy (non-hydrogen) atoms. The molecule has 1 aliphatic carbocycles. The zero-order chi connectivity index (χ0) is 6.85. The van der Waals surface area contributed by atoms with Gasteiger partial charge < -0.3 is 5.73 Å². The summed E-state index contributed by atoms with van der Waals surface area (Å²) in [6.07, 6.45) is 6.10. The summed E-state index contributed by atoms with van der Waals surface area (Å²) >= 11 is 4.77. The highest BCUT2D eigenvalue weighted by atomic mass is 32.1. The van der Waals surface area contributed by atoms with E-state index in [-0.39, 0.29) is 0 Å². The molecule has 0 bridgehead atoms.